The summed E-state index contributed by atoms with van der Waals surface area (Å²) in [4.78, 5) is 16.1. The van der Waals surface area contributed by atoms with Gasteiger partial charge in [-0.25, -0.2) is 0 Å². The molecule has 0 saturated carbocycles. The Morgan fingerprint density at radius 2 is 1.88 bits per heavy atom. The topological polar surface area (TPSA) is 32.8 Å². The first-order valence-corrected chi connectivity index (χ1v) is 5.99. The lowest BCUT2D eigenvalue weighted by molar-refractivity contribution is -0.140. The van der Waals surface area contributed by atoms with Gasteiger partial charge in [-0.15, -0.1) is 0 Å². The quantitative estimate of drug-likeness (QED) is 0.706. The average molecular weight is 228 g/mol. The van der Waals surface area contributed by atoms with Crippen LogP contribution in [0, 0.1) is 0 Å². The number of hydrogen-bond donors (Lipinski definition) is 0. The van der Waals surface area contributed by atoms with Crippen LogP contribution in [-0.2, 0) is 9.53 Å². The lowest BCUT2D eigenvalue weighted by Gasteiger charge is -2.24. The summed E-state index contributed by atoms with van der Waals surface area (Å²) >= 11 is 0. The molecule has 1 rings (SSSR count). The van der Waals surface area contributed by atoms with Crippen molar-refractivity contribution >= 4 is 5.91 Å². The van der Waals surface area contributed by atoms with Gasteiger partial charge in [-0.05, 0) is 40.8 Å². The van der Waals surface area contributed by atoms with Crippen LogP contribution in [0.4, 0.5) is 0 Å². The SMILES string of the molecule is CN1CCCN(C(=O)COC(C)(C)C)CC1. The highest BCUT2D eigenvalue weighted by Gasteiger charge is 2.19. The van der Waals surface area contributed by atoms with Crippen molar-refractivity contribution in [3.05, 3.63) is 0 Å². The van der Waals surface area contributed by atoms with Crippen molar-refractivity contribution in [1.82, 2.24) is 9.80 Å². The molecule has 1 heterocycles. The summed E-state index contributed by atoms with van der Waals surface area (Å²) in [5.74, 6) is 0.116. The van der Waals surface area contributed by atoms with E-state index in [0.717, 1.165) is 32.6 Å². The molecule has 4 heteroatoms. The largest absolute Gasteiger partial charge is 0.366 e. The van der Waals surface area contributed by atoms with Crippen LogP contribution in [0.2, 0.25) is 0 Å². The van der Waals surface area contributed by atoms with Crippen LogP contribution in [-0.4, -0.2) is 61.1 Å². The molecule has 0 spiro atoms. The van der Waals surface area contributed by atoms with Gasteiger partial charge in [0.15, 0.2) is 0 Å². The van der Waals surface area contributed by atoms with Gasteiger partial charge in [0.2, 0.25) is 5.91 Å². The van der Waals surface area contributed by atoms with Gasteiger partial charge < -0.3 is 14.5 Å². The number of carbonyl (C=O) groups is 1. The number of nitrogens with zero attached hydrogens (tertiary/aromatic N) is 2. The van der Waals surface area contributed by atoms with Crippen molar-refractivity contribution in [1.29, 1.82) is 0 Å². The van der Waals surface area contributed by atoms with Gasteiger partial charge in [-0.1, -0.05) is 0 Å². The Bertz CT molecular complexity index is 236. The molecule has 0 aromatic heterocycles. The van der Waals surface area contributed by atoms with Crippen LogP contribution in [0.25, 0.3) is 0 Å². The second-order valence-corrected chi connectivity index (χ2v) is 5.44. The molecule has 16 heavy (non-hydrogen) atoms. The lowest BCUT2D eigenvalue weighted by atomic mass is 10.2. The molecule has 1 amide bonds. The van der Waals surface area contributed by atoms with Crippen LogP contribution in [0.5, 0.6) is 0 Å². The molecular weight excluding hydrogens is 204 g/mol. The van der Waals surface area contributed by atoms with Crippen LogP contribution in [0.3, 0.4) is 0 Å². The molecule has 1 aliphatic rings. The van der Waals surface area contributed by atoms with Crippen molar-refractivity contribution in [2.24, 2.45) is 0 Å². The van der Waals surface area contributed by atoms with E-state index in [4.69, 9.17) is 4.74 Å². The Hall–Kier alpha value is -0.610. The highest BCUT2D eigenvalue weighted by Crippen LogP contribution is 2.08. The summed E-state index contributed by atoms with van der Waals surface area (Å²) in [5, 5.41) is 0. The zero-order valence-electron chi connectivity index (χ0n) is 11.0. The fourth-order valence-electron chi connectivity index (χ4n) is 1.67. The van der Waals surface area contributed by atoms with Gasteiger partial charge in [0.25, 0.3) is 0 Å². The highest BCUT2D eigenvalue weighted by atomic mass is 16.5. The third-order valence-electron chi connectivity index (χ3n) is 2.70. The molecular formula is C12H24N2O2. The molecule has 0 radical (unpaired) electrons. The molecule has 1 aliphatic heterocycles. The molecule has 1 fully saturated rings. The van der Waals surface area contributed by atoms with Crippen molar-refractivity contribution in [3.63, 3.8) is 0 Å². The predicted octanol–water partition coefficient (Wildman–Crippen LogP) is 0.966. The number of hydrogen-bond acceptors (Lipinski definition) is 3. The van der Waals surface area contributed by atoms with Gasteiger partial charge >= 0.3 is 0 Å². The second-order valence-electron chi connectivity index (χ2n) is 5.44. The number of amides is 1. The van der Waals surface area contributed by atoms with Crippen LogP contribution in [0.1, 0.15) is 27.2 Å². The molecule has 94 valence electrons. The minimum atomic E-state index is -0.238. The van der Waals surface area contributed by atoms with Gasteiger partial charge in [-0.3, -0.25) is 4.79 Å². The highest BCUT2D eigenvalue weighted by molar-refractivity contribution is 5.77. The van der Waals surface area contributed by atoms with Gasteiger partial charge in [-0.2, -0.15) is 0 Å². The first kappa shape index (κ1) is 13.5. The third-order valence-corrected chi connectivity index (χ3v) is 2.70. The predicted molar refractivity (Wildman–Crippen MR) is 64.4 cm³/mol. The number of carbonyl (C=O) groups excluding carboxylic acids is 1. The molecule has 1 saturated heterocycles. The van der Waals surface area contributed by atoms with Crippen molar-refractivity contribution < 1.29 is 9.53 Å². The minimum Gasteiger partial charge on any atom is -0.366 e. The van der Waals surface area contributed by atoms with E-state index < -0.39 is 0 Å². The summed E-state index contributed by atoms with van der Waals surface area (Å²) in [6, 6.07) is 0. The van der Waals surface area contributed by atoms with E-state index in [1.165, 1.54) is 0 Å². The van der Waals surface area contributed by atoms with E-state index in [0.29, 0.717) is 0 Å². The first-order chi connectivity index (χ1) is 7.38. The van der Waals surface area contributed by atoms with E-state index >= 15 is 0 Å². The number of rotatable bonds is 2. The van der Waals surface area contributed by atoms with Crippen molar-refractivity contribution in [2.75, 3.05) is 39.8 Å². The maximum atomic E-state index is 11.9. The minimum absolute atomic E-state index is 0.116. The normalized spacial score (nSPS) is 19.6. The van der Waals surface area contributed by atoms with E-state index in [-0.39, 0.29) is 18.1 Å². The summed E-state index contributed by atoms with van der Waals surface area (Å²) in [5.41, 5.74) is -0.238. The van der Waals surface area contributed by atoms with Crippen molar-refractivity contribution in [2.45, 2.75) is 32.8 Å². The molecule has 0 atom stereocenters. The van der Waals surface area contributed by atoms with E-state index in [2.05, 4.69) is 11.9 Å². The average Bonchev–Trinajstić information content (AvgIpc) is 2.38. The van der Waals surface area contributed by atoms with E-state index in [1.807, 2.05) is 25.7 Å². The Labute approximate surface area is 98.5 Å². The van der Waals surface area contributed by atoms with Crippen molar-refractivity contribution in [3.8, 4) is 0 Å². The molecule has 0 N–H and O–H groups in total. The lowest BCUT2D eigenvalue weighted by Crippen LogP contribution is -2.38. The molecule has 0 bridgehead atoms. The van der Waals surface area contributed by atoms with E-state index in [9.17, 15) is 4.79 Å². The van der Waals surface area contributed by atoms with Crippen LogP contribution < -0.4 is 0 Å². The maximum absolute atomic E-state index is 11.9. The van der Waals surface area contributed by atoms with Gasteiger partial charge in [0.05, 0.1) is 5.60 Å². The summed E-state index contributed by atoms with van der Waals surface area (Å²) < 4.78 is 5.51. The standard InChI is InChI=1S/C12H24N2O2/c1-12(2,3)16-10-11(15)14-7-5-6-13(4)8-9-14/h5-10H2,1-4H3. The number of ether oxygens (including phenoxy) is 1. The summed E-state index contributed by atoms with van der Waals surface area (Å²) in [7, 11) is 2.10. The fraction of sp³-hybridized carbons (Fsp3) is 0.917. The molecule has 0 unspecified atom stereocenters. The van der Waals surface area contributed by atoms with Crippen LogP contribution in [0.15, 0.2) is 0 Å². The van der Waals surface area contributed by atoms with Gasteiger partial charge in [0, 0.05) is 19.6 Å². The fourth-order valence-corrected chi connectivity index (χ4v) is 1.67. The summed E-state index contributed by atoms with van der Waals surface area (Å²) in [6.45, 7) is 9.82. The second kappa shape index (κ2) is 5.64. The Morgan fingerprint density at radius 3 is 2.50 bits per heavy atom. The summed E-state index contributed by atoms with van der Waals surface area (Å²) in [6.07, 6.45) is 1.05. The Kier molecular flexibility index (Phi) is 4.74. The molecule has 0 aromatic carbocycles. The zero-order chi connectivity index (χ0) is 12.2. The third kappa shape index (κ3) is 4.94. The van der Waals surface area contributed by atoms with E-state index in [1.54, 1.807) is 0 Å². The maximum Gasteiger partial charge on any atom is 0.248 e. The molecule has 0 aliphatic carbocycles. The molecule has 0 aromatic rings. The monoisotopic (exact) mass is 228 g/mol. The smallest absolute Gasteiger partial charge is 0.248 e. The zero-order valence-corrected chi connectivity index (χ0v) is 11.0. The number of likely N-dealkylation sites (N-methyl/N-ethyl adjacent to an activating group) is 1. The molecule has 4 nitrogen and oxygen atoms in total. The Balaban J connectivity index is 2.35. The Morgan fingerprint density at radius 1 is 1.19 bits per heavy atom. The first-order valence-electron chi connectivity index (χ1n) is 5.99. The van der Waals surface area contributed by atoms with Gasteiger partial charge in [0.1, 0.15) is 6.61 Å². The van der Waals surface area contributed by atoms with Crippen LogP contribution >= 0.6 is 0 Å².